The first-order valence-electron chi connectivity index (χ1n) is 13.0. The summed E-state index contributed by atoms with van der Waals surface area (Å²) >= 11 is 0. The normalized spacial score (nSPS) is 16.8. The first-order chi connectivity index (χ1) is 18.2. The Morgan fingerprint density at radius 2 is 2.00 bits per heavy atom. The molecule has 202 valence electrons. The monoisotopic (exact) mass is 537 g/mol. The summed E-state index contributed by atoms with van der Waals surface area (Å²) in [6.45, 7) is 7.06. The average molecular weight is 538 g/mol. The zero-order chi connectivity index (χ0) is 26.9. The number of pyridine rings is 1. The minimum Gasteiger partial charge on any atom is -0.491 e. The molecule has 38 heavy (non-hydrogen) atoms. The molecule has 3 heterocycles. The van der Waals surface area contributed by atoms with E-state index in [0.717, 1.165) is 47.7 Å². The molecule has 3 aromatic rings. The van der Waals surface area contributed by atoms with Gasteiger partial charge in [0.05, 0.1) is 6.54 Å². The van der Waals surface area contributed by atoms with Crippen LogP contribution >= 0.6 is 0 Å². The highest BCUT2D eigenvalue weighted by atomic mass is 32.2. The molecule has 0 fully saturated rings. The number of ether oxygens (including phenoxy) is 1. The summed E-state index contributed by atoms with van der Waals surface area (Å²) in [5, 5.41) is 0. The van der Waals surface area contributed by atoms with Crippen molar-refractivity contribution in [2.24, 2.45) is 11.1 Å². The Morgan fingerprint density at radius 3 is 2.82 bits per heavy atom. The van der Waals surface area contributed by atoms with Gasteiger partial charge in [-0.05, 0) is 61.4 Å². The van der Waals surface area contributed by atoms with E-state index in [1.54, 1.807) is 18.6 Å². The number of nitrogens with two attached hydrogens (primary N) is 2. The van der Waals surface area contributed by atoms with Crippen LogP contribution in [0.25, 0.3) is 11.1 Å². The predicted octanol–water partition coefficient (Wildman–Crippen LogP) is 2.66. The Hall–Kier alpha value is -3.28. The highest BCUT2D eigenvalue weighted by molar-refractivity contribution is 7.89. The third-order valence-corrected chi connectivity index (χ3v) is 8.71. The van der Waals surface area contributed by atoms with Crippen molar-refractivity contribution in [3.63, 3.8) is 0 Å². The minimum atomic E-state index is -3.82. The van der Waals surface area contributed by atoms with Gasteiger partial charge in [0.25, 0.3) is 0 Å². The van der Waals surface area contributed by atoms with Gasteiger partial charge in [-0.1, -0.05) is 19.9 Å². The van der Waals surface area contributed by atoms with Gasteiger partial charge in [0.1, 0.15) is 35.2 Å². The SMILES string of the molecule is CC1(C)CCc2ncnc(N3CCOc4ccc(-c5cnc(N)c(S(=O)(=O)NCCCN)c5)cc4C3)c2C1. The number of benzene rings is 1. The van der Waals surface area contributed by atoms with Gasteiger partial charge >= 0.3 is 0 Å². The molecule has 1 aromatic carbocycles. The van der Waals surface area contributed by atoms with E-state index in [0.29, 0.717) is 38.2 Å². The van der Waals surface area contributed by atoms with Crippen LogP contribution in [-0.2, 0) is 29.4 Å². The van der Waals surface area contributed by atoms with Gasteiger partial charge in [-0.15, -0.1) is 0 Å². The maximum atomic E-state index is 12.8. The number of aromatic nitrogens is 3. The van der Waals surface area contributed by atoms with Crippen molar-refractivity contribution in [3.8, 4) is 16.9 Å². The third kappa shape index (κ3) is 5.45. The molecule has 0 amide bonds. The molecule has 10 nitrogen and oxygen atoms in total. The fourth-order valence-corrected chi connectivity index (χ4v) is 6.28. The minimum absolute atomic E-state index is 0.0462. The number of hydrogen-bond acceptors (Lipinski definition) is 9. The molecule has 0 saturated heterocycles. The van der Waals surface area contributed by atoms with Gasteiger partial charge in [0.15, 0.2) is 0 Å². The number of nitrogens with zero attached hydrogens (tertiary/aromatic N) is 4. The van der Waals surface area contributed by atoms with Crippen molar-refractivity contribution in [1.82, 2.24) is 19.7 Å². The molecular weight excluding hydrogens is 502 g/mol. The maximum Gasteiger partial charge on any atom is 0.244 e. The first kappa shape index (κ1) is 26.3. The number of nitrogen functional groups attached to an aromatic ring is 1. The summed E-state index contributed by atoms with van der Waals surface area (Å²) in [6, 6.07) is 7.43. The molecule has 0 atom stereocenters. The topological polar surface area (TPSA) is 149 Å². The number of aryl methyl sites for hydroxylation is 1. The number of fused-ring (bicyclic) bond motifs is 2. The molecule has 5 rings (SSSR count). The van der Waals surface area contributed by atoms with Crippen LogP contribution in [0.5, 0.6) is 5.75 Å². The van der Waals surface area contributed by atoms with Crippen LogP contribution < -0.4 is 25.8 Å². The van der Waals surface area contributed by atoms with E-state index >= 15 is 0 Å². The summed E-state index contributed by atoms with van der Waals surface area (Å²) in [6.07, 6.45) is 6.80. The lowest BCUT2D eigenvalue weighted by molar-refractivity contribution is 0.310. The molecule has 11 heteroatoms. The van der Waals surface area contributed by atoms with Crippen LogP contribution in [-0.4, -0.2) is 49.6 Å². The van der Waals surface area contributed by atoms with Crippen LogP contribution in [0.4, 0.5) is 11.6 Å². The van der Waals surface area contributed by atoms with Crippen molar-refractivity contribution in [3.05, 3.63) is 53.6 Å². The molecular formula is C27H35N7O3S. The van der Waals surface area contributed by atoms with E-state index in [-0.39, 0.29) is 22.7 Å². The number of anilines is 2. The fourth-order valence-electron chi connectivity index (χ4n) is 5.10. The van der Waals surface area contributed by atoms with Gasteiger partial charge in [-0.25, -0.2) is 28.1 Å². The Morgan fingerprint density at radius 1 is 1.16 bits per heavy atom. The number of nitrogens with one attached hydrogen (secondary N) is 1. The van der Waals surface area contributed by atoms with Crippen molar-refractivity contribution in [2.45, 2.75) is 51.0 Å². The summed E-state index contributed by atoms with van der Waals surface area (Å²) in [4.78, 5) is 15.7. The second kappa shape index (κ2) is 10.5. The van der Waals surface area contributed by atoms with E-state index in [1.807, 2.05) is 18.2 Å². The summed E-state index contributed by atoms with van der Waals surface area (Å²) in [5.74, 6) is 1.73. The van der Waals surface area contributed by atoms with Crippen molar-refractivity contribution >= 4 is 21.7 Å². The Bertz CT molecular complexity index is 1440. The van der Waals surface area contributed by atoms with Gasteiger partial charge in [-0.3, -0.25) is 0 Å². The van der Waals surface area contributed by atoms with Crippen LogP contribution in [0.15, 0.2) is 41.7 Å². The van der Waals surface area contributed by atoms with Crippen LogP contribution in [0.1, 0.15) is 43.5 Å². The molecule has 5 N–H and O–H groups in total. The van der Waals surface area contributed by atoms with E-state index in [2.05, 4.69) is 33.4 Å². The molecule has 2 aliphatic rings. The molecule has 1 aliphatic heterocycles. The van der Waals surface area contributed by atoms with E-state index in [9.17, 15) is 8.42 Å². The Balaban J connectivity index is 1.46. The van der Waals surface area contributed by atoms with Crippen molar-refractivity contribution < 1.29 is 13.2 Å². The number of rotatable bonds is 7. The standard InChI is InChI=1S/C27H35N7O3S/c1-27(2)7-6-22-21(14-27)26(32-17-31-22)34-10-11-37-23-5-4-18(12-20(23)16-34)19-13-24(25(29)30-15-19)38(35,36)33-9-3-8-28/h4-5,12-13,15,17,33H,3,6-11,14,16,28H2,1-2H3,(H2,29,30). The zero-order valence-corrected chi connectivity index (χ0v) is 22.7. The van der Waals surface area contributed by atoms with E-state index < -0.39 is 10.0 Å². The fraction of sp³-hybridized carbons (Fsp3) is 0.444. The molecule has 0 radical (unpaired) electrons. The molecule has 0 saturated carbocycles. The predicted molar refractivity (Wildman–Crippen MR) is 147 cm³/mol. The lowest BCUT2D eigenvalue weighted by Crippen LogP contribution is -2.31. The molecule has 0 unspecified atom stereocenters. The zero-order valence-electron chi connectivity index (χ0n) is 21.9. The Kier molecular flexibility index (Phi) is 7.26. The maximum absolute atomic E-state index is 12.8. The van der Waals surface area contributed by atoms with Crippen LogP contribution in [0.2, 0.25) is 0 Å². The smallest absolute Gasteiger partial charge is 0.244 e. The molecule has 0 spiro atoms. The van der Waals surface area contributed by atoms with E-state index in [1.165, 1.54) is 5.56 Å². The summed E-state index contributed by atoms with van der Waals surface area (Å²) < 4.78 is 34.3. The highest BCUT2D eigenvalue weighted by Crippen LogP contribution is 2.39. The molecule has 2 aromatic heterocycles. The molecule has 1 aliphatic carbocycles. The average Bonchev–Trinajstić information content (AvgIpc) is 3.10. The quantitative estimate of drug-likeness (QED) is 0.387. The van der Waals surface area contributed by atoms with Crippen LogP contribution in [0, 0.1) is 5.41 Å². The Labute approximate surface area is 223 Å². The van der Waals surface area contributed by atoms with Gasteiger partial charge < -0.3 is 21.1 Å². The van der Waals surface area contributed by atoms with E-state index in [4.69, 9.17) is 21.2 Å². The summed E-state index contributed by atoms with van der Waals surface area (Å²) in [7, 11) is -3.82. The lowest BCUT2D eigenvalue weighted by Gasteiger charge is -2.33. The van der Waals surface area contributed by atoms with Gasteiger partial charge in [0.2, 0.25) is 10.0 Å². The summed E-state index contributed by atoms with van der Waals surface area (Å²) in [5.41, 5.74) is 16.5. The second-order valence-electron chi connectivity index (χ2n) is 10.7. The van der Waals surface area contributed by atoms with Crippen LogP contribution in [0.3, 0.4) is 0 Å². The second-order valence-corrected chi connectivity index (χ2v) is 12.4. The number of hydrogen-bond donors (Lipinski definition) is 3. The first-order valence-corrected chi connectivity index (χ1v) is 14.4. The third-order valence-electron chi connectivity index (χ3n) is 7.22. The largest absolute Gasteiger partial charge is 0.491 e. The number of sulfonamides is 1. The lowest BCUT2D eigenvalue weighted by atomic mass is 9.76. The molecule has 0 bridgehead atoms. The highest BCUT2D eigenvalue weighted by Gasteiger charge is 2.30. The van der Waals surface area contributed by atoms with Gasteiger partial charge in [0, 0.05) is 41.7 Å². The van der Waals surface area contributed by atoms with Gasteiger partial charge in [-0.2, -0.15) is 0 Å². The van der Waals surface area contributed by atoms with Crippen molar-refractivity contribution in [1.29, 1.82) is 0 Å². The van der Waals surface area contributed by atoms with Crippen molar-refractivity contribution in [2.75, 3.05) is 36.9 Å².